The lowest BCUT2D eigenvalue weighted by atomic mass is 9.67. The molecule has 1 aromatic rings. The molecule has 0 spiro atoms. The van der Waals surface area contributed by atoms with Crippen LogP contribution in [0.1, 0.15) is 32.6 Å². The zero-order chi connectivity index (χ0) is 16.8. The van der Waals surface area contributed by atoms with Crippen LogP contribution in [0.3, 0.4) is 0 Å². The van der Waals surface area contributed by atoms with Crippen LogP contribution in [0.2, 0.25) is 0 Å². The first-order chi connectivity index (χ1) is 11.0. The SMILES string of the molecule is CCC1(CNC(=NC)NCCS(=O)(=O)c2ccccc2)CCC1. The average molecular weight is 337 g/mol. The van der Waals surface area contributed by atoms with Crippen LogP contribution < -0.4 is 10.6 Å². The number of hydrogen-bond acceptors (Lipinski definition) is 3. The van der Waals surface area contributed by atoms with Gasteiger partial charge in [0.25, 0.3) is 0 Å². The van der Waals surface area contributed by atoms with Crippen molar-refractivity contribution in [1.82, 2.24) is 10.6 Å². The number of aliphatic imine (C=N–C) groups is 1. The van der Waals surface area contributed by atoms with Crippen molar-refractivity contribution in [2.45, 2.75) is 37.5 Å². The normalized spacial score (nSPS) is 17.4. The fraction of sp³-hybridized carbons (Fsp3) is 0.588. The molecule has 0 heterocycles. The van der Waals surface area contributed by atoms with E-state index in [2.05, 4.69) is 22.5 Å². The number of benzene rings is 1. The molecule has 5 nitrogen and oxygen atoms in total. The lowest BCUT2D eigenvalue weighted by Gasteiger charge is -2.41. The van der Waals surface area contributed by atoms with Gasteiger partial charge in [-0.1, -0.05) is 31.5 Å². The third kappa shape index (κ3) is 4.70. The van der Waals surface area contributed by atoms with E-state index in [0.717, 1.165) is 6.54 Å². The Balaban J connectivity index is 1.80. The highest BCUT2D eigenvalue weighted by Gasteiger charge is 2.34. The molecular weight excluding hydrogens is 310 g/mol. The molecule has 0 unspecified atom stereocenters. The summed E-state index contributed by atoms with van der Waals surface area (Å²) >= 11 is 0. The maximum atomic E-state index is 12.2. The summed E-state index contributed by atoms with van der Waals surface area (Å²) < 4.78 is 24.4. The van der Waals surface area contributed by atoms with E-state index in [1.54, 1.807) is 31.3 Å². The summed E-state index contributed by atoms with van der Waals surface area (Å²) in [6, 6.07) is 8.55. The Labute approximate surface area is 139 Å². The fourth-order valence-electron chi connectivity index (χ4n) is 2.87. The maximum Gasteiger partial charge on any atom is 0.191 e. The smallest absolute Gasteiger partial charge is 0.191 e. The molecule has 128 valence electrons. The first-order valence-electron chi connectivity index (χ1n) is 8.24. The van der Waals surface area contributed by atoms with Gasteiger partial charge in [0.05, 0.1) is 10.6 Å². The molecule has 1 saturated carbocycles. The number of nitrogens with zero attached hydrogens (tertiary/aromatic N) is 1. The van der Waals surface area contributed by atoms with Crippen molar-refractivity contribution in [3.8, 4) is 0 Å². The Kier molecular flexibility index (Phi) is 6.04. The van der Waals surface area contributed by atoms with Crippen LogP contribution in [0.25, 0.3) is 0 Å². The van der Waals surface area contributed by atoms with Gasteiger partial charge in [-0.05, 0) is 36.8 Å². The fourth-order valence-corrected chi connectivity index (χ4v) is 4.05. The van der Waals surface area contributed by atoms with Gasteiger partial charge in [0.1, 0.15) is 0 Å². The van der Waals surface area contributed by atoms with Gasteiger partial charge < -0.3 is 10.6 Å². The topological polar surface area (TPSA) is 70.6 Å². The van der Waals surface area contributed by atoms with Crippen LogP contribution in [0, 0.1) is 5.41 Å². The highest BCUT2D eigenvalue weighted by molar-refractivity contribution is 7.91. The minimum Gasteiger partial charge on any atom is -0.356 e. The maximum absolute atomic E-state index is 12.2. The van der Waals surface area contributed by atoms with Gasteiger partial charge in [-0.2, -0.15) is 0 Å². The van der Waals surface area contributed by atoms with Crippen molar-refractivity contribution < 1.29 is 8.42 Å². The number of guanidine groups is 1. The lowest BCUT2D eigenvalue weighted by molar-refractivity contribution is 0.131. The standard InChI is InChI=1S/C17H27N3O2S/c1-3-17(10-7-11-17)14-20-16(18-2)19-12-13-23(21,22)15-8-5-4-6-9-15/h4-6,8-9H,3,7,10-14H2,1-2H3,(H2,18,19,20). The van der Waals surface area contributed by atoms with Crippen molar-refractivity contribution >= 4 is 15.8 Å². The predicted molar refractivity (Wildman–Crippen MR) is 94.4 cm³/mol. The van der Waals surface area contributed by atoms with Crippen molar-refractivity contribution in [2.24, 2.45) is 10.4 Å². The highest BCUT2D eigenvalue weighted by Crippen LogP contribution is 2.42. The first-order valence-corrected chi connectivity index (χ1v) is 9.89. The van der Waals surface area contributed by atoms with Crippen molar-refractivity contribution in [2.75, 3.05) is 25.9 Å². The molecule has 0 saturated heterocycles. The molecular formula is C17H27N3O2S. The van der Waals surface area contributed by atoms with E-state index in [-0.39, 0.29) is 5.75 Å². The molecule has 1 aliphatic carbocycles. The van der Waals surface area contributed by atoms with E-state index in [4.69, 9.17) is 0 Å². The summed E-state index contributed by atoms with van der Waals surface area (Å²) in [5.41, 5.74) is 0.397. The third-order valence-corrected chi connectivity index (χ3v) is 6.52. The van der Waals surface area contributed by atoms with E-state index in [1.165, 1.54) is 25.7 Å². The summed E-state index contributed by atoms with van der Waals surface area (Å²) in [5.74, 6) is 0.726. The molecule has 1 fully saturated rings. The van der Waals surface area contributed by atoms with Crippen LogP contribution in [0.4, 0.5) is 0 Å². The van der Waals surface area contributed by atoms with Crippen LogP contribution in [-0.4, -0.2) is 40.3 Å². The number of nitrogens with one attached hydrogen (secondary N) is 2. The second-order valence-electron chi connectivity index (χ2n) is 6.19. The molecule has 0 aromatic heterocycles. The van der Waals surface area contributed by atoms with Gasteiger partial charge in [0, 0.05) is 20.1 Å². The van der Waals surface area contributed by atoms with Crippen LogP contribution in [0.5, 0.6) is 0 Å². The van der Waals surface area contributed by atoms with Gasteiger partial charge >= 0.3 is 0 Å². The second kappa shape index (κ2) is 7.81. The summed E-state index contributed by atoms with van der Waals surface area (Å²) in [6.45, 7) is 3.47. The Morgan fingerprint density at radius 3 is 2.43 bits per heavy atom. The predicted octanol–water partition coefficient (Wildman–Crippen LogP) is 2.21. The molecule has 2 rings (SSSR count). The van der Waals surface area contributed by atoms with E-state index in [0.29, 0.717) is 22.8 Å². The molecule has 0 radical (unpaired) electrons. The molecule has 1 aliphatic rings. The number of rotatable bonds is 7. The van der Waals surface area contributed by atoms with Gasteiger partial charge in [0.15, 0.2) is 15.8 Å². The molecule has 0 bridgehead atoms. The van der Waals surface area contributed by atoms with E-state index >= 15 is 0 Å². The summed E-state index contributed by atoms with van der Waals surface area (Å²) in [5, 5.41) is 6.43. The summed E-state index contributed by atoms with van der Waals surface area (Å²) in [4.78, 5) is 4.54. The molecule has 6 heteroatoms. The van der Waals surface area contributed by atoms with Crippen molar-refractivity contribution in [3.63, 3.8) is 0 Å². The van der Waals surface area contributed by atoms with E-state index in [9.17, 15) is 8.42 Å². The molecule has 0 amide bonds. The minimum atomic E-state index is -3.25. The Hall–Kier alpha value is -1.56. The number of hydrogen-bond donors (Lipinski definition) is 2. The van der Waals surface area contributed by atoms with Crippen molar-refractivity contribution in [3.05, 3.63) is 30.3 Å². The van der Waals surface area contributed by atoms with Gasteiger partial charge in [-0.25, -0.2) is 8.42 Å². The van der Waals surface area contributed by atoms with Crippen LogP contribution >= 0.6 is 0 Å². The third-order valence-electron chi connectivity index (χ3n) is 4.78. The molecule has 2 N–H and O–H groups in total. The van der Waals surface area contributed by atoms with Gasteiger partial charge in [-0.15, -0.1) is 0 Å². The minimum absolute atomic E-state index is 0.0522. The molecule has 1 aromatic carbocycles. The first kappa shape index (κ1) is 17.8. The molecule has 0 aliphatic heterocycles. The van der Waals surface area contributed by atoms with E-state index in [1.807, 2.05) is 6.07 Å². The van der Waals surface area contributed by atoms with Gasteiger partial charge in [-0.3, -0.25) is 4.99 Å². The Morgan fingerprint density at radius 1 is 1.22 bits per heavy atom. The molecule has 23 heavy (non-hydrogen) atoms. The highest BCUT2D eigenvalue weighted by atomic mass is 32.2. The molecule has 0 atom stereocenters. The number of sulfone groups is 1. The summed E-state index contributed by atoms with van der Waals surface area (Å²) in [6.07, 6.45) is 4.99. The lowest BCUT2D eigenvalue weighted by Crippen LogP contribution is -2.47. The quantitative estimate of drug-likeness (QED) is 0.591. The van der Waals surface area contributed by atoms with Gasteiger partial charge in [0.2, 0.25) is 0 Å². The van der Waals surface area contributed by atoms with E-state index < -0.39 is 9.84 Å². The zero-order valence-electron chi connectivity index (χ0n) is 14.0. The monoisotopic (exact) mass is 337 g/mol. The van der Waals surface area contributed by atoms with Crippen LogP contribution in [0.15, 0.2) is 40.2 Å². The Morgan fingerprint density at radius 2 is 1.91 bits per heavy atom. The van der Waals surface area contributed by atoms with Crippen molar-refractivity contribution in [1.29, 1.82) is 0 Å². The largest absolute Gasteiger partial charge is 0.356 e. The zero-order valence-corrected chi connectivity index (χ0v) is 14.8. The second-order valence-corrected chi connectivity index (χ2v) is 8.30. The Bertz CT molecular complexity index is 617. The van der Waals surface area contributed by atoms with Crippen LogP contribution in [-0.2, 0) is 9.84 Å². The average Bonchev–Trinajstić information content (AvgIpc) is 2.53. The summed E-state index contributed by atoms with van der Waals surface area (Å²) in [7, 11) is -1.54.